The molecule has 1 fully saturated rings. The molecule has 1 aliphatic rings. The minimum atomic E-state index is 0.181. The van der Waals surface area contributed by atoms with Gasteiger partial charge in [-0.05, 0) is 38.2 Å². The molecule has 1 N–H and O–H groups in total. The van der Waals surface area contributed by atoms with Crippen molar-refractivity contribution in [2.75, 3.05) is 5.88 Å². The molecule has 0 unspecified atom stereocenters. The van der Waals surface area contributed by atoms with Gasteiger partial charge in [0.1, 0.15) is 0 Å². The van der Waals surface area contributed by atoms with Crippen LogP contribution in [0.4, 0.5) is 0 Å². The highest BCUT2D eigenvalue weighted by Crippen LogP contribution is 2.33. The number of alkyl halides is 1. The Labute approximate surface area is 115 Å². The number of hydrogen-bond acceptors (Lipinski definition) is 2. The van der Waals surface area contributed by atoms with Gasteiger partial charge in [0, 0.05) is 24.2 Å². The zero-order valence-corrected chi connectivity index (χ0v) is 12.2. The van der Waals surface area contributed by atoms with Crippen LogP contribution in [0.2, 0.25) is 0 Å². The molecule has 3 nitrogen and oxygen atoms in total. The third-order valence-electron chi connectivity index (χ3n) is 4.19. The van der Waals surface area contributed by atoms with E-state index in [1.807, 2.05) is 0 Å². The molecule has 0 aliphatic heterocycles. The molecule has 0 radical (unpaired) electrons. The first kappa shape index (κ1) is 13.9. The van der Waals surface area contributed by atoms with E-state index in [-0.39, 0.29) is 5.54 Å². The standard InChI is InChI=1S/C14H24ClN3/c1-3-13(4-2)18-9-6-12(17-18)10-16-14(11-15)7-5-8-14/h6,9,13,16H,3-5,7-8,10-11H2,1-2H3. The van der Waals surface area contributed by atoms with E-state index >= 15 is 0 Å². The van der Waals surface area contributed by atoms with Crippen molar-refractivity contribution in [1.29, 1.82) is 0 Å². The van der Waals surface area contributed by atoms with Gasteiger partial charge in [0.15, 0.2) is 0 Å². The third-order valence-corrected chi connectivity index (χ3v) is 4.70. The Hall–Kier alpha value is -0.540. The Bertz CT molecular complexity index is 361. The summed E-state index contributed by atoms with van der Waals surface area (Å²) in [7, 11) is 0. The van der Waals surface area contributed by atoms with E-state index in [2.05, 4.69) is 41.2 Å². The summed E-state index contributed by atoms with van der Waals surface area (Å²) in [5, 5.41) is 8.24. The molecule has 1 heterocycles. The highest BCUT2D eigenvalue weighted by Gasteiger charge is 2.35. The molecular weight excluding hydrogens is 246 g/mol. The molecule has 18 heavy (non-hydrogen) atoms. The molecule has 0 bridgehead atoms. The summed E-state index contributed by atoms with van der Waals surface area (Å²) in [4.78, 5) is 0. The molecule has 1 aliphatic carbocycles. The quantitative estimate of drug-likeness (QED) is 0.768. The van der Waals surface area contributed by atoms with Gasteiger partial charge in [0.05, 0.1) is 11.7 Å². The maximum atomic E-state index is 6.04. The summed E-state index contributed by atoms with van der Waals surface area (Å²) in [6.07, 6.45) is 8.06. The van der Waals surface area contributed by atoms with Crippen LogP contribution in [0.3, 0.4) is 0 Å². The van der Waals surface area contributed by atoms with Crippen molar-refractivity contribution >= 4 is 11.6 Å². The van der Waals surface area contributed by atoms with E-state index < -0.39 is 0 Å². The average Bonchev–Trinajstić information content (AvgIpc) is 2.79. The molecule has 2 rings (SSSR count). The predicted molar refractivity (Wildman–Crippen MR) is 76.0 cm³/mol. The largest absolute Gasteiger partial charge is 0.304 e. The van der Waals surface area contributed by atoms with Crippen LogP contribution >= 0.6 is 11.6 Å². The fraction of sp³-hybridized carbons (Fsp3) is 0.786. The first-order valence-electron chi connectivity index (χ1n) is 7.08. The summed E-state index contributed by atoms with van der Waals surface area (Å²) in [5.74, 6) is 0.709. The van der Waals surface area contributed by atoms with Gasteiger partial charge < -0.3 is 5.32 Å². The third kappa shape index (κ3) is 2.89. The number of nitrogens with zero attached hydrogens (tertiary/aromatic N) is 2. The summed E-state index contributed by atoms with van der Waals surface area (Å²) >= 11 is 6.04. The maximum absolute atomic E-state index is 6.04. The van der Waals surface area contributed by atoms with E-state index in [0.717, 1.165) is 25.1 Å². The fourth-order valence-electron chi connectivity index (χ4n) is 2.58. The summed E-state index contributed by atoms with van der Waals surface area (Å²) in [6.45, 7) is 5.26. The van der Waals surface area contributed by atoms with Crippen molar-refractivity contribution in [3.8, 4) is 0 Å². The van der Waals surface area contributed by atoms with Gasteiger partial charge in [-0.2, -0.15) is 5.10 Å². The lowest BCUT2D eigenvalue weighted by atomic mass is 9.78. The maximum Gasteiger partial charge on any atom is 0.0762 e. The number of rotatable bonds is 7. The van der Waals surface area contributed by atoms with Gasteiger partial charge in [0.25, 0.3) is 0 Å². The van der Waals surface area contributed by atoms with E-state index in [0.29, 0.717) is 11.9 Å². The number of hydrogen-bond donors (Lipinski definition) is 1. The number of nitrogens with one attached hydrogen (secondary N) is 1. The van der Waals surface area contributed by atoms with Crippen LogP contribution in [-0.4, -0.2) is 21.2 Å². The van der Waals surface area contributed by atoms with Crippen molar-refractivity contribution < 1.29 is 0 Å². The molecule has 102 valence electrons. The van der Waals surface area contributed by atoms with Gasteiger partial charge in [-0.25, -0.2) is 0 Å². The Morgan fingerprint density at radius 1 is 1.44 bits per heavy atom. The van der Waals surface area contributed by atoms with E-state index in [9.17, 15) is 0 Å². The minimum absolute atomic E-state index is 0.181. The lowest BCUT2D eigenvalue weighted by Gasteiger charge is -2.41. The first-order chi connectivity index (χ1) is 8.73. The second kappa shape index (κ2) is 6.07. The summed E-state index contributed by atoms with van der Waals surface area (Å²) in [6, 6.07) is 2.65. The number of aromatic nitrogens is 2. The van der Waals surface area contributed by atoms with E-state index in [1.165, 1.54) is 19.3 Å². The van der Waals surface area contributed by atoms with Crippen molar-refractivity contribution in [1.82, 2.24) is 15.1 Å². The SMILES string of the molecule is CCC(CC)n1ccc(CNC2(CCl)CCC2)n1. The van der Waals surface area contributed by atoms with E-state index in [1.54, 1.807) is 0 Å². The zero-order chi connectivity index (χ0) is 13.0. The Balaban J connectivity index is 1.90. The smallest absolute Gasteiger partial charge is 0.0762 e. The van der Waals surface area contributed by atoms with Gasteiger partial charge >= 0.3 is 0 Å². The minimum Gasteiger partial charge on any atom is -0.304 e. The second-order valence-corrected chi connectivity index (χ2v) is 5.65. The molecule has 0 spiro atoms. The van der Waals surface area contributed by atoms with Crippen LogP contribution in [0, 0.1) is 0 Å². The molecule has 0 saturated heterocycles. The number of halogens is 1. The van der Waals surface area contributed by atoms with Gasteiger partial charge in [0.2, 0.25) is 0 Å². The van der Waals surface area contributed by atoms with Gasteiger partial charge in [-0.3, -0.25) is 4.68 Å². The highest BCUT2D eigenvalue weighted by atomic mass is 35.5. The van der Waals surface area contributed by atoms with Gasteiger partial charge in [-0.15, -0.1) is 11.6 Å². The normalized spacial score (nSPS) is 18.0. The van der Waals surface area contributed by atoms with Crippen LogP contribution in [-0.2, 0) is 6.54 Å². The molecule has 4 heteroatoms. The molecule has 0 aromatic carbocycles. The molecule has 1 aromatic rings. The Kier molecular flexibility index (Phi) is 4.68. The van der Waals surface area contributed by atoms with E-state index in [4.69, 9.17) is 11.6 Å². The molecule has 1 saturated carbocycles. The van der Waals surface area contributed by atoms with Crippen molar-refractivity contribution in [3.63, 3.8) is 0 Å². The fourth-order valence-corrected chi connectivity index (χ4v) is 2.94. The van der Waals surface area contributed by atoms with Crippen LogP contribution in [0.15, 0.2) is 12.3 Å². The molecule has 1 aromatic heterocycles. The topological polar surface area (TPSA) is 29.9 Å². The molecular formula is C14H24ClN3. The monoisotopic (exact) mass is 269 g/mol. The summed E-state index contributed by atoms with van der Waals surface area (Å²) < 4.78 is 2.10. The average molecular weight is 270 g/mol. The van der Waals surface area contributed by atoms with Crippen LogP contribution in [0.5, 0.6) is 0 Å². The van der Waals surface area contributed by atoms with Crippen LogP contribution in [0.25, 0.3) is 0 Å². The van der Waals surface area contributed by atoms with Crippen molar-refractivity contribution in [2.45, 2.75) is 64.1 Å². The zero-order valence-electron chi connectivity index (χ0n) is 11.5. The Morgan fingerprint density at radius 3 is 2.67 bits per heavy atom. The van der Waals surface area contributed by atoms with Crippen molar-refractivity contribution in [3.05, 3.63) is 18.0 Å². The van der Waals surface area contributed by atoms with Crippen LogP contribution in [0.1, 0.15) is 57.7 Å². The highest BCUT2D eigenvalue weighted by molar-refractivity contribution is 6.18. The van der Waals surface area contributed by atoms with Crippen LogP contribution < -0.4 is 5.32 Å². The molecule has 0 amide bonds. The van der Waals surface area contributed by atoms with Gasteiger partial charge in [-0.1, -0.05) is 13.8 Å². The lowest BCUT2D eigenvalue weighted by molar-refractivity contribution is 0.210. The first-order valence-corrected chi connectivity index (χ1v) is 7.61. The summed E-state index contributed by atoms with van der Waals surface area (Å²) in [5.41, 5.74) is 1.30. The molecule has 0 atom stereocenters. The Morgan fingerprint density at radius 2 is 2.17 bits per heavy atom. The predicted octanol–water partition coefficient (Wildman–Crippen LogP) is 3.50. The van der Waals surface area contributed by atoms with Crippen molar-refractivity contribution in [2.24, 2.45) is 0 Å². The second-order valence-electron chi connectivity index (χ2n) is 5.38. The lowest BCUT2D eigenvalue weighted by Crippen LogP contribution is -2.52.